The summed E-state index contributed by atoms with van der Waals surface area (Å²) in [5.74, 6) is 0.407. The van der Waals surface area contributed by atoms with Crippen molar-refractivity contribution in [1.29, 1.82) is 0 Å². The zero-order valence-electron chi connectivity index (χ0n) is 12.0. The van der Waals surface area contributed by atoms with E-state index in [0.29, 0.717) is 16.0 Å². The van der Waals surface area contributed by atoms with Gasteiger partial charge in [-0.2, -0.15) is 0 Å². The van der Waals surface area contributed by atoms with Crippen LogP contribution in [0.3, 0.4) is 0 Å². The standard InChI is InChI=1S/C16H13ClN4OS/c17-12-7-4-8-13(9-12)21-15(11-5-2-1-3-6-11)19-20-16(21)23-10-14(18)22/h1-9H,10H2,(H2,18,22). The molecule has 2 aromatic carbocycles. The topological polar surface area (TPSA) is 73.8 Å². The van der Waals surface area contributed by atoms with Crippen LogP contribution in [0.5, 0.6) is 0 Å². The molecule has 1 amide bonds. The minimum absolute atomic E-state index is 0.132. The summed E-state index contributed by atoms with van der Waals surface area (Å²) in [6.07, 6.45) is 0. The largest absolute Gasteiger partial charge is 0.369 e. The SMILES string of the molecule is NC(=O)CSc1nnc(-c2ccccc2)n1-c1cccc(Cl)c1. The van der Waals surface area contributed by atoms with Gasteiger partial charge in [-0.15, -0.1) is 10.2 Å². The third-order valence-corrected chi connectivity index (χ3v) is 4.26. The number of benzene rings is 2. The van der Waals surface area contributed by atoms with Crippen LogP contribution < -0.4 is 5.73 Å². The Morgan fingerprint density at radius 2 is 1.91 bits per heavy atom. The van der Waals surface area contributed by atoms with E-state index >= 15 is 0 Å². The highest BCUT2D eigenvalue weighted by atomic mass is 35.5. The highest BCUT2D eigenvalue weighted by molar-refractivity contribution is 7.99. The molecule has 5 nitrogen and oxygen atoms in total. The van der Waals surface area contributed by atoms with Crippen LogP contribution in [0.4, 0.5) is 0 Å². The first-order valence-electron chi connectivity index (χ1n) is 6.83. The lowest BCUT2D eigenvalue weighted by Gasteiger charge is -2.10. The Bertz CT molecular complexity index is 835. The lowest BCUT2D eigenvalue weighted by atomic mass is 10.2. The number of carbonyl (C=O) groups excluding carboxylic acids is 1. The molecular weight excluding hydrogens is 332 g/mol. The van der Waals surface area contributed by atoms with Crippen LogP contribution in [0.1, 0.15) is 0 Å². The van der Waals surface area contributed by atoms with Crippen molar-refractivity contribution >= 4 is 29.3 Å². The molecule has 0 atom stereocenters. The van der Waals surface area contributed by atoms with Crippen molar-refractivity contribution in [3.8, 4) is 17.1 Å². The second-order valence-corrected chi connectivity index (χ2v) is 6.12. The number of rotatable bonds is 5. The first-order valence-corrected chi connectivity index (χ1v) is 8.19. The van der Waals surface area contributed by atoms with Gasteiger partial charge in [0.1, 0.15) is 0 Å². The monoisotopic (exact) mass is 344 g/mol. The summed E-state index contributed by atoms with van der Waals surface area (Å²) in [6, 6.07) is 17.1. The summed E-state index contributed by atoms with van der Waals surface area (Å²) in [7, 11) is 0. The minimum atomic E-state index is -0.406. The summed E-state index contributed by atoms with van der Waals surface area (Å²) < 4.78 is 1.87. The second kappa shape index (κ2) is 6.85. The molecule has 0 saturated carbocycles. The number of amides is 1. The molecule has 0 spiro atoms. The third kappa shape index (κ3) is 3.55. The van der Waals surface area contributed by atoms with Crippen LogP contribution in [-0.2, 0) is 4.79 Å². The molecule has 23 heavy (non-hydrogen) atoms. The van der Waals surface area contributed by atoms with Gasteiger partial charge in [0.2, 0.25) is 5.91 Å². The minimum Gasteiger partial charge on any atom is -0.369 e. The van der Waals surface area contributed by atoms with Gasteiger partial charge in [0, 0.05) is 10.6 Å². The smallest absolute Gasteiger partial charge is 0.227 e. The predicted molar refractivity (Wildman–Crippen MR) is 91.7 cm³/mol. The van der Waals surface area contributed by atoms with E-state index in [4.69, 9.17) is 17.3 Å². The second-order valence-electron chi connectivity index (χ2n) is 4.74. The molecule has 0 bridgehead atoms. The van der Waals surface area contributed by atoms with Gasteiger partial charge in [0.15, 0.2) is 11.0 Å². The van der Waals surface area contributed by atoms with Crippen molar-refractivity contribution in [3.05, 3.63) is 59.6 Å². The Labute approximate surface area is 142 Å². The lowest BCUT2D eigenvalue weighted by Crippen LogP contribution is -2.13. The van der Waals surface area contributed by atoms with Crippen molar-refractivity contribution in [3.63, 3.8) is 0 Å². The molecule has 3 aromatic rings. The molecule has 1 aromatic heterocycles. The molecule has 0 aliphatic heterocycles. The molecule has 0 radical (unpaired) electrons. The Morgan fingerprint density at radius 1 is 1.13 bits per heavy atom. The number of nitrogens with zero attached hydrogens (tertiary/aromatic N) is 3. The molecule has 7 heteroatoms. The highest BCUT2D eigenvalue weighted by Crippen LogP contribution is 2.28. The van der Waals surface area contributed by atoms with Crippen molar-refractivity contribution in [2.24, 2.45) is 5.73 Å². The van der Waals surface area contributed by atoms with Gasteiger partial charge in [0.25, 0.3) is 0 Å². The summed E-state index contributed by atoms with van der Waals surface area (Å²) in [5.41, 5.74) is 6.98. The van der Waals surface area contributed by atoms with Crippen LogP contribution in [0.2, 0.25) is 5.02 Å². The Morgan fingerprint density at radius 3 is 2.61 bits per heavy atom. The first kappa shape index (κ1) is 15.6. The Balaban J connectivity index is 2.12. The normalized spacial score (nSPS) is 10.7. The van der Waals surface area contributed by atoms with E-state index in [1.165, 1.54) is 11.8 Å². The number of aromatic nitrogens is 3. The summed E-state index contributed by atoms with van der Waals surface area (Å²) in [4.78, 5) is 11.1. The van der Waals surface area contributed by atoms with E-state index in [2.05, 4.69) is 10.2 Å². The molecule has 2 N–H and O–H groups in total. The van der Waals surface area contributed by atoms with E-state index in [1.54, 1.807) is 6.07 Å². The predicted octanol–water partition coefficient (Wildman–Crippen LogP) is 3.17. The number of halogens is 1. The Hall–Kier alpha value is -2.31. The lowest BCUT2D eigenvalue weighted by molar-refractivity contribution is -0.115. The van der Waals surface area contributed by atoms with E-state index in [9.17, 15) is 4.79 Å². The average Bonchev–Trinajstić information content (AvgIpc) is 2.97. The fourth-order valence-corrected chi connectivity index (χ4v) is 3.00. The summed E-state index contributed by atoms with van der Waals surface area (Å²) >= 11 is 7.35. The maximum Gasteiger partial charge on any atom is 0.227 e. The third-order valence-electron chi connectivity index (χ3n) is 3.08. The van der Waals surface area contributed by atoms with Gasteiger partial charge < -0.3 is 5.73 Å². The van der Waals surface area contributed by atoms with Crippen molar-refractivity contribution in [2.45, 2.75) is 5.16 Å². The highest BCUT2D eigenvalue weighted by Gasteiger charge is 2.16. The first-order chi connectivity index (χ1) is 11.1. The van der Waals surface area contributed by atoms with E-state index in [-0.39, 0.29) is 5.75 Å². The van der Waals surface area contributed by atoms with Gasteiger partial charge in [-0.05, 0) is 18.2 Å². The average molecular weight is 345 g/mol. The molecule has 1 heterocycles. The maximum atomic E-state index is 11.1. The van der Waals surface area contributed by atoms with Crippen molar-refractivity contribution in [1.82, 2.24) is 14.8 Å². The van der Waals surface area contributed by atoms with Gasteiger partial charge in [0.05, 0.1) is 11.4 Å². The zero-order chi connectivity index (χ0) is 16.2. The van der Waals surface area contributed by atoms with Gasteiger partial charge in [-0.25, -0.2) is 0 Å². The molecule has 0 aliphatic carbocycles. The van der Waals surface area contributed by atoms with E-state index in [1.807, 2.05) is 53.1 Å². The number of nitrogens with two attached hydrogens (primary N) is 1. The van der Waals surface area contributed by atoms with Crippen molar-refractivity contribution in [2.75, 3.05) is 5.75 Å². The number of hydrogen-bond acceptors (Lipinski definition) is 4. The molecular formula is C16H13ClN4OS. The number of thioether (sulfide) groups is 1. The molecule has 0 aliphatic rings. The summed E-state index contributed by atoms with van der Waals surface area (Å²) in [6.45, 7) is 0. The van der Waals surface area contributed by atoms with E-state index < -0.39 is 5.91 Å². The van der Waals surface area contributed by atoms with Crippen LogP contribution >= 0.6 is 23.4 Å². The Kier molecular flexibility index (Phi) is 4.64. The number of primary amides is 1. The number of hydrogen-bond donors (Lipinski definition) is 1. The van der Waals surface area contributed by atoms with E-state index in [0.717, 1.165) is 11.3 Å². The fourth-order valence-electron chi connectivity index (χ4n) is 2.12. The van der Waals surface area contributed by atoms with Gasteiger partial charge in [-0.1, -0.05) is 59.8 Å². The van der Waals surface area contributed by atoms with Crippen LogP contribution in [0, 0.1) is 0 Å². The van der Waals surface area contributed by atoms with Crippen LogP contribution in [-0.4, -0.2) is 26.4 Å². The number of carbonyl (C=O) groups is 1. The maximum absolute atomic E-state index is 11.1. The molecule has 116 valence electrons. The zero-order valence-corrected chi connectivity index (χ0v) is 13.6. The van der Waals surface area contributed by atoms with Crippen LogP contribution in [0.15, 0.2) is 59.8 Å². The quantitative estimate of drug-likeness (QED) is 0.721. The summed E-state index contributed by atoms with van der Waals surface area (Å²) in [5, 5.41) is 9.66. The molecule has 0 saturated heterocycles. The molecule has 0 unspecified atom stereocenters. The van der Waals surface area contributed by atoms with Gasteiger partial charge in [-0.3, -0.25) is 9.36 Å². The van der Waals surface area contributed by atoms with Crippen molar-refractivity contribution < 1.29 is 4.79 Å². The van der Waals surface area contributed by atoms with Gasteiger partial charge >= 0.3 is 0 Å². The fraction of sp³-hybridized carbons (Fsp3) is 0.0625. The van der Waals surface area contributed by atoms with Crippen LogP contribution in [0.25, 0.3) is 17.1 Å². The molecule has 0 fully saturated rings. The molecule has 3 rings (SSSR count).